The molecule has 1 atom stereocenters. The maximum atomic E-state index is 13.0. The first-order valence-corrected chi connectivity index (χ1v) is 9.18. The van der Waals surface area contributed by atoms with E-state index in [0.717, 1.165) is 18.4 Å². The Morgan fingerprint density at radius 2 is 1.96 bits per heavy atom. The zero-order valence-electron chi connectivity index (χ0n) is 15.2. The highest BCUT2D eigenvalue weighted by Gasteiger charge is 2.27. The van der Waals surface area contributed by atoms with Gasteiger partial charge in [-0.3, -0.25) is 14.3 Å². The van der Waals surface area contributed by atoms with E-state index in [-0.39, 0.29) is 29.1 Å². The Bertz CT molecular complexity index is 989. The lowest BCUT2D eigenvalue weighted by atomic mass is 10.1. The first kappa shape index (κ1) is 17.3. The van der Waals surface area contributed by atoms with Crippen molar-refractivity contribution in [3.63, 3.8) is 0 Å². The fraction of sp³-hybridized carbons (Fsp3) is 0.286. The molecule has 2 heterocycles. The number of rotatable bonds is 6. The molecular weight excluding hydrogens is 340 g/mol. The highest BCUT2D eigenvalue weighted by atomic mass is 16.2. The van der Waals surface area contributed by atoms with Crippen molar-refractivity contribution in [2.24, 2.45) is 0 Å². The summed E-state index contributed by atoms with van der Waals surface area (Å²) in [5.41, 5.74) is 1.68. The topological polar surface area (TPSA) is 68.9 Å². The Labute approximate surface area is 157 Å². The Kier molecular flexibility index (Phi) is 4.62. The fourth-order valence-electron chi connectivity index (χ4n) is 3.30. The van der Waals surface area contributed by atoms with Crippen LogP contribution < -0.4 is 10.9 Å². The predicted molar refractivity (Wildman–Crippen MR) is 103 cm³/mol. The van der Waals surface area contributed by atoms with Crippen LogP contribution in [0.25, 0.3) is 0 Å². The van der Waals surface area contributed by atoms with E-state index in [0.29, 0.717) is 12.1 Å². The molecule has 0 spiro atoms. The molecule has 3 aromatic rings. The second kappa shape index (κ2) is 7.23. The SMILES string of the molecule is Cc1ccn(C2CC2)c(=O)c1C(=O)NC(Cn1cccn1)c1ccccc1. The molecule has 1 saturated carbocycles. The van der Waals surface area contributed by atoms with Gasteiger partial charge < -0.3 is 9.88 Å². The number of aromatic nitrogens is 3. The van der Waals surface area contributed by atoms with E-state index >= 15 is 0 Å². The van der Waals surface area contributed by atoms with Crippen LogP contribution in [0.3, 0.4) is 0 Å². The Morgan fingerprint density at radius 3 is 2.63 bits per heavy atom. The van der Waals surface area contributed by atoms with Crippen LogP contribution in [0.4, 0.5) is 0 Å². The summed E-state index contributed by atoms with van der Waals surface area (Å²) in [7, 11) is 0. The first-order valence-electron chi connectivity index (χ1n) is 9.18. The van der Waals surface area contributed by atoms with Crippen molar-refractivity contribution in [2.75, 3.05) is 0 Å². The van der Waals surface area contributed by atoms with Gasteiger partial charge in [0.15, 0.2) is 0 Å². The first-order chi connectivity index (χ1) is 13.1. The molecule has 2 aromatic heterocycles. The molecule has 1 amide bonds. The number of hydrogen-bond acceptors (Lipinski definition) is 3. The monoisotopic (exact) mass is 362 g/mol. The van der Waals surface area contributed by atoms with E-state index in [2.05, 4.69) is 10.4 Å². The van der Waals surface area contributed by atoms with Crippen molar-refractivity contribution in [3.05, 3.63) is 88.1 Å². The number of amides is 1. The predicted octanol–water partition coefficient (Wildman–Crippen LogP) is 2.86. The third-order valence-electron chi connectivity index (χ3n) is 4.93. The molecule has 0 bridgehead atoms. The Morgan fingerprint density at radius 1 is 1.19 bits per heavy atom. The van der Waals surface area contributed by atoms with Gasteiger partial charge in [-0.2, -0.15) is 5.10 Å². The summed E-state index contributed by atoms with van der Waals surface area (Å²) < 4.78 is 3.46. The average molecular weight is 362 g/mol. The van der Waals surface area contributed by atoms with E-state index < -0.39 is 0 Å². The van der Waals surface area contributed by atoms with Crippen LogP contribution in [-0.2, 0) is 6.54 Å². The molecule has 1 fully saturated rings. The summed E-state index contributed by atoms with van der Waals surface area (Å²) >= 11 is 0. The minimum absolute atomic E-state index is 0.207. The quantitative estimate of drug-likeness (QED) is 0.733. The molecule has 1 aromatic carbocycles. The molecule has 1 aliphatic rings. The maximum Gasteiger partial charge on any atom is 0.263 e. The van der Waals surface area contributed by atoms with Gasteiger partial charge in [0.1, 0.15) is 5.56 Å². The van der Waals surface area contributed by atoms with E-state index in [1.54, 1.807) is 28.6 Å². The largest absolute Gasteiger partial charge is 0.343 e. The number of hydrogen-bond donors (Lipinski definition) is 1. The molecule has 1 N–H and O–H groups in total. The lowest BCUT2D eigenvalue weighted by Crippen LogP contribution is -2.37. The van der Waals surface area contributed by atoms with Crippen LogP contribution in [0.1, 0.15) is 46.4 Å². The summed E-state index contributed by atoms with van der Waals surface area (Å²) in [4.78, 5) is 25.9. The summed E-state index contributed by atoms with van der Waals surface area (Å²) in [5.74, 6) is -0.339. The summed E-state index contributed by atoms with van der Waals surface area (Å²) in [6.45, 7) is 2.30. The lowest BCUT2D eigenvalue weighted by Gasteiger charge is -2.20. The smallest absolute Gasteiger partial charge is 0.263 e. The fourth-order valence-corrected chi connectivity index (χ4v) is 3.30. The summed E-state index contributed by atoms with van der Waals surface area (Å²) in [5, 5.41) is 7.28. The minimum Gasteiger partial charge on any atom is -0.343 e. The molecule has 6 heteroatoms. The summed E-state index contributed by atoms with van der Waals surface area (Å²) in [6.07, 6.45) is 7.35. The van der Waals surface area contributed by atoms with Crippen molar-refractivity contribution in [1.82, 2.24) is 19.7 Å². The van der Waals surface area contributed by atoms with Crippen LogP contribution in [0.15, 0.2) is 65.8 Å². The zero-order chi connectivity index (χ0) is 18.8. The number of aryl methyl sites for hydroxylation is 1. The third-order valence-corrected chi connectivity index (χ3v) is 4.93. The van der Waals surface area contributed by atoms with Crippen molar-refractivity contribution in [3.8, 4) is 0 Å². The second-order valence-corrected chi connectivity index (χ2v) is 6.98. The second-order valence-electron chi connectivity index (χ2n) is 6.98. The van der Waals surface area contributed by atoms with Gasteiger partial charge in [0.25, 0.3) is 11.5 Å². The van der Waals surface area contributed by atoms with Crippen LogP contribution in [-0.4, -0.2) is 20.3 Å². The number of carbonyl (C=O) groups is 1. The van der Waals surface area contributed by atoms with Gasteiger partial charge in [0, 0.05) is 24.6 Å². The van der Waals surface area contributed by atoms with Gasteiger partial charge in [0.05, 0.1) is 12.6 Å². The normalized spacial score (nSPS) is 14.7. The van der Waals surface area contributed by atoms with Crippen molar-refractivity contribution in [1.29, 1.82) is 0 Å². The molecule has 0 radical (unpaired) electrons. The minimum atomic E-state index is -0.339. The highest BCUT2D eigenvalue weighted by molar-refractivity contribution is 5.95. The molecule has 27 heavy (non-hydrogen) atoms. The zero-order valence-corrected chi connectivity index (χ0v) is 15.2. The maximum absolute atomic E-state index is 13.0. The number of pyridine rings is 1. The molecule has 6 nitrogen and oxygen atoms in total. The van der Waals surface area contributed by atoms with E-state index in [1.807, 2.05) is 48.7 Å². The molecule has 1 aliphatic carbocycles. The highest BCUT2D eigenvalue weighted by Crippen LogP contribution is 2.33. The van der Waals surface area contributed by atoms with Crippen LogP contribution in [0.2, 0.25) is 0 Å². The summed E-state index contributed by atoms with van der Waals surface area (Å²) in [6, 6.07) is 13.4. The van der Waals surface area contributed by atoms with Crippen molar-refractivity contribution < 1.29 is 4.79 Å². The van der Waals surface area contributed by atoms with Gasteiger partial charge >= 0.3 is 0 Å². The van der Waals surface area contributed by atoms with Crippen LogP contribution >= 0.6 is 0 Å². The average Bonchev–Trinajstić information content (AvgIpc) is 3.38. The lowest BCUT2D eigenvalue weighted by molar-refractivity contribution is 0.0929. The number of nitrogens with one attached hydrogen (secondary N) is 1. The van der Waals surface area contributed by atoms with E-state index in [1.165, 1.54) is 0 Å². The van der Waals surface area contributed by atoms with Gasteiger partial charge in [-0.25, -0.2) is 0 Å². The van der Waals surface area contributed by atoms with E-state index in [9.17, 15) is 9.59 Å². The molecule has 0 saturated heterocycles. The van der Waals surface area contributed by atoms with Gasteiger partial charge in [-0.1, -0.05) is 30.3 Å². The molecular formula is C21H22N4O2. The number of benzene rings is 1. The van der Waals surface area contributed by atoms with Gasteiger partial charge in [-0.15, -0.1) is 0 Å². The Balaban J connectivity index is 1.64. The van der Waals surface area contributed by atoms with Gasteiger partial charge in [0.2, 0.25) is 0 Å². The number of carbonyl (C=O) groups excluding carboxylic acids is 1. The van der Waals surface area contributed by atoms with Crippen molar-refractivity contribution in [2.45, 2.75) is 38.4 Å². The molecule has 4 rings (SSSR count). The van der Waals surface area contributed by atoms with Gasteiger partial charge in [-0.05, 0) is 43.0 Å². The standard InChI is InChI=1S/C21H22N4O2/c1-15-10-13-25(17-8-9-17)21(27)19(15)20(26)23-18(14-24-12-5-11-22-24)16-6-3-2-4-7-16/h2-7,10-13,17-18H,8-9,14H2,1H3,(H,23,26). The van der Waals surface area contributed by atoms with Crippen LogP contribution in [0.5, 0.6) is 0 Å². The van der Waals surface area contributed by atoms with E-state index in [4.69, 9.17) is 0 Å². The van der Waals surface area contributed by atoms with Crippen molar-refractivity contribution >= 4 is 5.91 Å². The molecule has 0 aliphatic heterocycles. The number of nitrogens with zero attached hydrogens (tertiary/aromatic N) is 3. The van der Waals surface area contributed by atoms with Crippen LogP contribution in [0, 0.1) is 6.92 Å². The molecule has 138 valence electrons. The third kappa shape index (κ3) is 3.69. The Hall–Kier alpha value is -3.15. The molecule has 1 unspecified atom stereocenters.